The monoisotopic (exact) mass is 464 g/mol. The Labute approximate surface area is 207 Å². The third kappa shape index (κ3) is 4.18. The van der Waals surface area contributed by atoms with Gasteiger partial charge in [0, 0.05) is 12.1 Å². The van der Waals surface area contributed by atoms with Gasteiger partial charge in [0.25, 0.3) is 0 Å². The number of hydrogen-bond acceptors (Lipinski definition) is 3. The van der Waals surface area contributed by atoms with Gasteiger partial charge in [-0.3, -0.25) is 4.79 Å². The molecule has 1 aliphatic carbocycles. The average Bonchev–Trinajstić information content (AvgIpc) is 3.29. The molecule has 4 nitrogen and oxygen atoms in total. The van der Waals surface area contributed by atoms with Crippen molar-refractivity contribution in [1.29, 1.82) is 0 Å². The molecule has 1 fully saturated rings. The first-order valence-corrected chi connectivity index (χ1v) is 12.3. The molecule has 0 bridgehead atoms. The van der Waals surface area contributed by atoms with Crippen LogP contribution in [0.15, 0.2) is 97.2 Å². The van der Waals surface area contributed by atoms with E-state index in [4.69, 9.17) is 9.72 Å². The fraction of sp³-hybridized carbons (Fsp3) is 0.290. The summed E-state index contributed by atoms with van der Waals surface area (Å²) in [4.78, 5) is 21.5. The molecule has 3 atom stereocenters. The van der Waals surface area contributed by atoms with Crippen molar-refractivity contribution in [2.45, 2.75) is 44.6 Å². The van der Waals surface area contributed by atoms with Gasteiger partial charge in [-0.1, -0.05) is 97.9 Å². The largest absolute Gasteiger partial charge is 0.460 e. The number of aromatic amines is 1. The minimum atomic E-state index is -0.623. The van der Waals surface area contributed by atoms with Crippen LogP contribution in [0, 0.1) is 11.8 Å². The van der Waals surface area contributed by atoms with Gasteiger partial charge in [-0.2, -0.15) is 0 Å². The number of rotatable bonds is 6. The maximum absolute atomic E-state index is 12.8. The van der Waals surface area contributed by atoms with Gasteiger partial charge in [0.1, 0.15) is 16.8 Å². The molecule has 0 spiro atoms. The van der Waals surface area contributed by atoms with Gasteiger partial charge in [0.2, 0.25) is 0 Å². The molecule has 1 heterocycles. The van der Waals surface area contributed by atoms with Crippen molar-refractivity contribution in [2.75, 3.05) is 0 Å². The van der Waals surface area contributed by atoms with E-state index in [9.17, 15) is 4.79 Å². The van der Waals surface area contributed by atoms with E-state index >= 15 is 0 Å². The number of carbonyl (C=O) groups is 1. The van der Waals surface area contributed by atoms with Crippen LogP contribution in [0.4, 0.5) is 0 Å². The predicted octanol–water partition coefficient (Wildman–Crippen LogP) is 6.48. The fourth-order valence-electron chi connectivity index (χ4n) is 5.32. The number of imidazole rings is 1. The van der Waals surface area contributed by atoms with Gasteiger partial charge >= 0.3 is 5.97 Å². The summed E-state index contributed by atoms with van der Waals surface area (Å²) in [7, 11) is 0. The Morgan fingerprint density at radius 3 is 1.69 bits per heavy atom. The molecular weight excluding hydrogens is 432 g/mol. The van der Waals surface area contributed by atoms with Crippen molar-refractivity contribution in [3.8, 4) is 0 Å². The van der Waals surface area contributed by atoms with Crippen LogP contribution < -0.4 is 0 Å². The highest BCUT2D eigenvalue weighted by Crippen LogP contribution is 2.55. The Balaban J connectivity index is 1.63. The Morgan fingerprint density at radius 2 is 1.26 bits per heavy atom. The highest BCUT2D eigenvalue weighted by molar-refractivity contribution is 5.78. The lowest BCUT2D eigenvalue weighted by atomic mass is 9.69. The number of esters is 1. The quantitative estimate of drug-likeness (QED) is 0.262. The number of H-pyrrole nitrogens is 1. The number of ether oxygens (including phenoxy) is 1. The van der Waals surface area contributed by atoms with Crippen LogP contribution in [0.1, 0.15) is 61.8 Å². The van der Waals surface area contributed by atoms with Crippen LogP contribution >= 0.6 is 0 Å². The SMILES string of the molecule is CC1C(C(=O)OC(C)(C)C)C1c1c[nH]c(C(c2ccccc2)(c2ccccc2)c2ccccc2)n1. The van der Waals surface area contributed by atoms with Gasteiger partial charge in [-0.15, -0.1) is 0 Å². The molecular formula is C31H32N2O2. The predicted molar refractivity (Wildman–Crippen MR) is 138 cm³/mol. The topological polar surface area (TPSA) is 55.0 Å². The Morgan fingerprint density at radius 1 is 0.800 bits per heavy atom. The summed E-state index contributed by atoms with van der Waals surface area (Å²) in [6, 6.07) is 31.5. The van der Waals surface area contributed by atoms with Crippen LogP contribution in [0.5, 0.6) is 0 Å². The molecule has 1 N–H and O–H groups in total. The average molecular weight is 465 g/mol. The number of nitrogens with one attached hydrogen (secondary N) is 1. The minimum absolute atomic E-state index is 0.0508. The van der Waals surface area contributed by atoms with Crippen molar-refractivity contribution in [3.63, 3.8) is 0 Å². The van der Waals surface area contributed by atoms with Gasteiger partial charge < -0.3 is 9.72 Å². The van der Waals surface area contributed by atoms with Crippen LogP contribution in [-0.2, 0) is 14.9 Å². The molecule has 4 heteroatoms. The van der Waals surface area contributed by atoms with E-state index in [-0.39, 0.29) is 23.7 Å². The lowest BCUT2D eigenvalue weighted by Crippen LogP contribution is -2.32. The normalized spacial score (nSPS) is 19.8. The third-order valence-electron chi connectivity index (χ3n) is 6.97. The highest BCUT2D eigenvalue weighted by atomic mass is 16.6. The Hall–Kier alpha value is -3.66. The van der Waals surface area contributed by atoms with E-state index in [1.54, 1.807) is 0 Å². The first-order chi connectivity index (χ1) is 16.8. The first-order valence-electron chi connectivity index (χ1n) is 12.3. The Kier molecular flexibility index (Phi) is 5.84. The van der Waals surface area contributed by atoms with Gasteiger partial charge in [-0.05, 0) is 43.4 Å². The molecule has 1 aliphatic rings. The Bertz CT molecular complexity index is 1190. The van der Waals surface area contributed by atoms with Crippen LogP contribution in [0.3, 0.4) is 0 Å². The van der Waals surface area contributed by atoms with Crippen LogP contribution in [0.2, 0.25) is 0 Å². The summed E-state index contributed by atoms with van der Waals surface area (Å²) >= 11 is 0. The summed E-state index contributed by atoms with van der Waals surface area (Å²) in [6.45, 7) is 7.83. The summed E-state index contributed by atoms with van der Waals surface area (Å²) in [5.41, 5.74) is 3.18. The molecule has 0 radical (unpaired) electrons. The second-order valence-corrected chi connectivity index (χ2v) is 10.5. The summed E-state index contributed by atoms with van der Waals surface area (Å²) in [6.07, 6.45) is 1.98. The van der Waals surface area contributed by atoms with E-state index in [2.05, 4.69) is 84.7 Å². The lowest BCUT2D eigenvalue weighted by molar-refractivity contribution is -0.156. The molecule has 0 aliphatic heterocycles. The number of aromatic nitrogens is 2. The van der Waals surface area contributed by atoms with E-state index in [1.165, 1.54) is 0 Å². The van der Waals surface area contributed by atoms with Gasteiger partial charge in [0.05, 0.1) is 11.6 Å². The molecule has 4 aromatic rings. The molecule has 1 saturated carbocycles. The zero-order valence-electron chi connectivity index (χ0n) is 20.7. The smallest absolute Gasteiger partial charge is 0.310 e. The molecule has 1 aromatic heterocycles. The van der Waals surface area contributed by atoms with Crippen molar-refractivity contribution < 1.29 is 9.53 Å². The maximum atomic E-state index is 12.8. The lowest BCUT2D eigenvalue weighted by Gasteiger charge is -2.34. The van der Waals surface area contributed by atoms with E-state index in [0.717, 1.165) is 28.2 Å². The van der Waals surface area contributed by atoms with E-state index < -0.39 is 11.0 Å². The van der Waals surface area contributed by atoms with E-state index in [0.29, 0.717) is 0 Å². The van der Waals surface area contributed by atoms with E-state index in [1.807, 2.05) is 45.2 Å². The molecule has 5 rings (SSSR count). The van der Waals surface area contributed by atoms with Crippen molar-refractivity contribution in [2.24, 2.45) is 11.8 Å². The first kappa shape index (κ1) is 23.1. The number of hydrogen-bond donors (Lipinski definition) is 1. The maximum Gasteiger partial charge on any atom is 0.310 e. The summed E-state index contributed by atoms with van der Waals surface area (Å²) in [5, 5.41) is 0. The molecule has 3 aromatic carbocycles. The number of nitrogens with zero attached hydrogens (tertiary/aromatic N) is 1. The second-order valence-electron chi connectivity index (χ2n) is 10.5. The van der Waals surface area contributed by atoms with Crippen molar-refractivity contribution >= 4 is 5.97 Å². The molecule has 3 unspecified atom stereocenters. The number of carbonyl (C=O) groups excluding carboxylic acids is 1. The van der Waals surface area contributed by atoms with Crippen LogP contribution in [0.25, 0.3) is 0 Å². The van der Waals surface area contributed by atoms with Crippen molar-refractivity contribution in [1.82, 2.24) is 9.97 Å². The zero-order valence-corrected chi connectivity index (χ0v) is 20.7. The van der Waals surface area contributed by atoms with Gasteiger partial charge in [-0.25, -0.2) is 4.98 Å². The second kappa shape index (κ2) is 8.84. The highest BCUT2D eigenvalue weighted by Gasteiger charge is 2.56. The molecule has 35 heavy (non-hydrogen) atoms. The minimum Gasteiger partial charge on any atom is -0.460 e. The standard InChI is InChI=1S/C31H32N2O2/c1-21-26(27(21)28(34)35-30(2,3)4)25-20-32-29(33-25)31(22-14-8-5-9-15-22,23-16-10-6-11-17-23)24-18-12-7-13-19-24/h5-21,26-27H,1-4H3,(H,32,33). The molecule has 178 valence electrons. The van der Waals surface area contributed by atoms with Crippen LogP contribution in [-0.4, -0.2) is 21.5 Å². The zero-order chi connectivity index (χ0) is 24.6. The molecule has 0 saturated heterocycles. The summed E-state index contributed by atoms with van der Waals surface area (Å²) in [5.74, 6) is 0.790. The molecule has 0 amide bonds. The fourth-order valence-corrected chi connectivity index (χ4v) is 5.32. The van der Waals surface area contributed by atoms with Crippen molar-refractivity contribution in [3.05, 3.63) is 125 Å². The number of benzene rings is 3. The third-order valence-corrected chi connectivity index (χ3v) is 6.97. The van der Waals surface area contributed by atoms with Gasteiger partial charge in [0.15, 0.2) is 0 Å². The summed E-state index contributed by atoms with van der Waals surface area (Å²) < 4.78 is 5.69.